The number of rotatable bonds is 3. The minimum Gasteiger partial charge on any atom is -0.465 e. The first kappa shape index (κ1) is 36.1. The molecule has 0 heterocycles. The zero-order valence-electron chi connectivity index (χ0n) is 21.9. The number of ether oxygens (including phenoxy) is 2. The van der Waals surface area contributed by atoms with Crippen LogP contribution in [0.5, 0.6) is 0 Å². The molecule has 0 aliphatic heterocycles. The fraction of sp³-hybridized carbons (Fsp3) is 0.407. The van der Waals surface area contributed by atoms with Crippen LogP contribution >= 0.6 is 15.9 Å². The van der Waals surface area contributed by atoms with Crippen LogP contribution in [0.4, 0.5) is 0 Å². The van der Waals surface area contributed by atoms with Crippen LogP contribution in [0.25, 0.3) is 0 Å². The van der Waals surface area contributed by atoms with E-state index in [1.54, 1.807) is 6.07 Å². The first-order valence-electron chi connectivity index (χ1n) is 10.6. The first-order chi connectivity index (χ1) is 15.0. The van der Waals surface area contributed by atoms with Crippen molar-refractivity contribution in [2.75, 3.05) is 14.2 Å². The Bertz CT molecular complexity index is 818. The van der Waals surface area contributed by atoms with Crippen LogP contribution < -0.4 is 0 Å². The van der Waals surface area contributed by atoms with Gasteiger partial charge in [0.25, 0.3) is 0 Å². The van der Waals surface area contributed by atoms with Gasteiger partial charge < -0.3 is 22.3 Å². The molecule has 0 saturated heterocycles. The summed E-state index contributed by atoms with van der Waals surface area (Å²) in [5.41, 5.74) is 4.40. The molecule has 2 aromatic rings. The first-order valence-corrected chi connectivity index (χ1v) is 11.3. The van der Waals surface area contributed by atoms with Gasteiger partial charge >= 0.3 is 31.4 Å². The van der Waals surface area contributed by atoms with Crippen molar-refractivity contribution < 1.29 is 38.5 Å². The molecule has 0 saturated carbocycles. The molecule has 0 unspecified atom stereocenters. The summed E-state index contributed by atoms with van der Waals surface area (Å²) in [4.78, 5) is 22.4. The Balaban J connectivity index is -0.000000432. The smallest absolute Gasteiger partial charge is 0.465 e. The fourth-order valence-electron chi connectivity index (χ4n) is 2.35. The van der Waals surface area contributed by atoms with E-state index in [-0.39, 0.29) is 31.4 Å². The van der Waals surface area contributed by atoms with Gasteiger partial charge in [0.1, 0.15) is 0 Å². The number of hydrogen-bond acceptors (Lipinski definition) is 4. The second kappa shape index (κ2) is 21.0. The molecule has 0 radical (unpaired) electrons. The predicted octanol–water partition coefficient (Wildman–Crippen LogP) is 7.91. The molecule has 0 spiro atoms. The molecule has 0 aliphatic carbocycles. The Morgan fingerprint density at radius 2 is 1.15 bits per heavy atom. The number of hydrogen-bond donors (Lipinski definition) is 0. The minimum atomic E-state index is -0.292. The van der Waals surface area contributed by atoms with E-state index in [0.29, 0.717) is 17.0 Å². The molecule has 0 N–H and O–H groups in total. The van der Waals surface area contributed by atoms with Crippen LogP contribution in [-0.4, -0.2) is 26.2 Å². The zero-order valence-corrected chi connectivity index (χ0v) is 26.5. The quantitative estimate of drug-likeness (QED) is 0.213. The zero-order chi connectivity index (χ0) is 25.3. The number of carbonyl (C=O) groups excluding carboxylic acids is 2. The van der Waals surface area contributed by atoms with E-state index in [4.69, 9.17) is 0 Å². The summed E-state index contributed by atoms with van der Waals surface area (Å²) in [7, 11) is 2.78. The Kier molecular flexibility index (Phi) is 23.0. The predicted molar refractivity (Wildman–Crippen MR) is 138 cm³/mol. The van der Waals surface area contributed by atoms with Crippen molar-refractivity contribution in [1.82, 2.24) is 0 Å². The van der Waals surface area contributed by atoms with Crippen LogP contribution in [0.2, 0.25) is 0 Å². The second-order valence-corrected chi connectivity index (χ2v) is 8.24. The Hall–Kier alpha value is -1.52. The van der Waals surface area contributed by atoms with Gasteiger partial charge in [-0.2, -0.15) is 27.7 Å². The molecule has 4 nitrogen and oxygen atoms in total. The molecule has 0 atom stereocenters. The van der Waals surface area contributed by atoms with E-state index in [2.05, 4.69) is 39.3 Å². The third-order valence-electron chi connectivity index (χ3n) is 3.92. The number of benzene rings is 2. The van der Waals surface area contributed by atoms with Crippen molar-refractivity contribution in [2.24, 2.45) is 0 Å². The molecule has 0 amide bonds. The average molecular weight is 573 g/mol. The van der Waals surface area contributed by atoms with Crippen molar-refractivity contribution in [1.29, 1.82) is 0 Å². The van der Waals surface area contributed by atoms with Gasteiger partial charge in [0, 0.05) is 4.47 Å². The fourth-order valence-corrected chi connectivity index (χ4v) is 2.83. The van der Waals surface area contributed by atoms with Gasteiger partial charge in [-0.1, -0.05) is 41.9 Å². The van der Waals surface area contributed by atoms with Crippen LogP contribution in [0.3, 0.4) is 0 Å². The van der Waals surface area contributed by atoms with Gasteiger partial charge in [-0.25, -0.2) is 9.59 Å². The summed E-state index contributed by atoms with van der Waals surface area (Å²) in [5, 5.41) is 0. The molecular weight excluding hydrogens is 534 g/mol. The number of methoxy groups -OCH3 is 2. The van der Waals surface area contributed by atoms with Gasteiger partial charge in [0.05, 0.1) is 25.3 Å². The number of halogens is 1. The van der Waals surface area contributed by atoms with E-state index >= 15 is 0 Å². The third kappa shape index (κ3) is 15.1. The van der Waals surface area contributed by atoms with E-state index in [0.717, 1.165) is 15.6 Å². The van der Waals surface area contributed by atoms with E-state index in [1.807, 2.05) is 84.7 Å². The van der Waals surface area contributed by atoms with Crippen LogP contribution in [0, 0.1) is 26.7 Å². The monoisotopic (exact) mass is 570 g/mol. The van der Waals surface area contributed by atoms with Crippen molar-refractivity contribution in [3.8, 4) is 0 Å². The Labute approximate surface area is 222 Å². The maximum Gasteiger partial charge on any atom is 2.00 e. The van der Waals surface area contributed by atoms with Gasteiger partial charge in [0.15, 0.2) is 0 Å². The summed E-state index contributed by atoms with van der Waals surface area (Å²) in [6.07, 6.45) is 4.00. The van der Waals surface area contributed by atoms with Crippen LogP contribution in [0.1, 0.15) is 84.9 Å². The molecule has 33 heavy (non-hydrogen) atoms. The summed E-state index contributed by atoms with van der Waals surface area (Å²) < 4.78 is 10.2. The number of esters is 2. The van der Waals surface area contributed by atoms with E-state index < -0.39 is 0 Å². The largest absolute Gasteiger partial charge is 2.00 e. The molecule has 2 rings (SSSR count). The normalized spacial score (nSPS) is 8.97. The topological polar surface area (TPSA) is 52.6 Å². The maximum atomic E-state index is 11.3. The van der Waals surface area contributed by atoms with Gasteiger partial charge in [0.2, 0.25) is 0 Å². The van der Waals surface area contributed by atoms with Crippen LogP contribution in [-0.2, 0) is 29.0 Å². The Morgan fingerprint density at radius 1 is 0.788 bits per heavy atom. The van der Waals surface area contributed by atoms with E-state index in [1.165, 1.54) is 19.8 Å². The Morgan fingerprint density at radius 3 is 1.45 bits per heavy atom. The molecule has 0 fully saturated rings. The van der Waals surface area contributed by atoms with Crippen molar-refractivity contribution in [2.45, 2.75) is 61.3 Å². The molecule has 0 aromatic heterocycles. The van der Waals surface area contributed by atoms with Gasteiger partial charge in [-0.3, -0.25) is 0 Å². The molecule has 2 aromatic carbocycles. The molecule has 6 heteroatoms. The van der Waals surface area contributed by atoms with Crippen molar-refractivity contribution in [3.05, 3.63) is 81.5 Å². The molecule has 180 valence electrons. The van der Waals surface area contributed by atoms with Crippen molar-refractivity contribution >= 4 is 27.9 Å². The van der Waals surface area contributed by atoms with Gasteiger partial charge in [-0.05, 0) is 60.7 Å². The SMILES string of the molecule is COC(=O)c1ccc(Br)cc1C.COC(=O)c1ccc(C(C)C)cc1C.C[CH-]C.C[CH-]C.[Zn+2]. The van der Waals surface area contributed by atoms with Crippen LogP contribution in [0.15, 0.2) is 40.9 Å². The second-order valence-electron chi connectivity index (χ2n) is 7.33. The maximum absolute atomic E-state index is 11.3. The molecule has 0 aliphatic rings. The summed E-state index contributed by atoms with van der Waals surface area (Å²) in [6.45, 7) is 16.1. The molecular formula is C27H39BrO4Zn. The summed E-state index contributed by atoms with van der Waals surface area (Å²) >= 11 is 3.32. The molecule has 0 bridgehead atoms. The standard InChI is InChI=1S/C12H16O2.C9H9BrO2.2C3H7.Zn/c1-8(2)10-5-6-11(9(3)7-10)12(13)14-4;1-6-5-7(10)3-4-8(6)9(11)12-2;2*1-3-2;/h5-8H,1-4H3;3-5H,1-2H3;2*3H,1-2H3;/q;;2*-1;+2. The number of carbonyl (C=O) groups is 2. The third-order valence-corrected chi connectivity index (χ3v) is 4.41. The van der Waals surface area contributed by atoms with E-state index in [9.17, 15) is 9.59 Å². The average Bonchev–Trinajstić information content (AvgIpc) is 2.74. The minimum absolute atomic E-state index is 0. The summed E-state index contributed by atoms with van der Waals surface area (Å²) in [5.74, 6) is -0.0711. The van der Waals surface area contributed by atoms with Crippen molar-refractivity contribution in [3.63, 3.8) is 0 Å². The summed E-state index contributed by atoms with van der Waals surface area (Å²) in [6, 6.07) is 11.3. The van der Waals surface area contributed by atoms with Gasteiger partial charge in [-0.15, -0.1) is 0 Å². The number of aryl methyl sites for hydroxylation is 2.